The first-order chi connectivity index (χ1) is 11.5. The van der Waals surface area contributed by atoms with Gasteiger partial charge in [-0.3, -0.25) is 0 Å². The topological polar surface area (TPSA) is 87.4 Å². The third-order valence-electron chi connectivity index (χ3n) is 4.15. The Balaban J connectivity index is 2.01. The molecule has 0 fully saturated rings. The van der Waals surface area contributed by atoms with Crippen molar-refractivity contribution < 1.29 is 14.4 Å². The van der Waals surface area contributed by atoms with E-state index in [1.165, 1.54) is 5.56 Å². The Morgan fingerprint density at radius 1 is 1.25 bits per heavy atom. The molecule has 1 aromatic heterocycles. The van der Waals surface area contributed by atoms with Gasteiger partial charge in [-0.1, -0.05) is 36.3 Å². The summed E-state index contributed by atoms with van der Waals surface area (Å²) in [6, 6.07) is 6.83. The minimum absolute atomic E-state index is 0.168. The highest BCUT2D eigenvalue weighted by Crippen LogP contribution is 2.21. The maximum atomic E-state index is 12.3. The van der Waals surface area contributed by atoms with Gasteiger partial charge in [0.1, 0.15) is 5.76 Å². The Morgan fingerprint density at radius 2 is 1.92 bits per heavy atom. The van der Waals surface area contributed by atoms with E-state index in [0.29, 0.717) is 5.76 Å². The number of hydrogen-bond acceptors (Lipinski definition) is 4. The van der Waals surface area contributed by atoms with Crippen LogP contribution in [0, 0.1) is 13.8 Å². The second-order valence-electron chi connectivity index (χ2n) is 5.91. The monoisotopic (exact) mass is 331 g/mol. The number of rotatable bonds is 6. The molecule has 24 heavy (non-hydrogen) atoms. The van der Waals surface area contributed by atoms with Crippen molar-refractivity contribution in [2.24, 2.45) is 0 Å². The summed E-state index contributed by atoms with van der Waals surface area (Å²) in [5.74, 6) is 0.689. The lowest BCUT2D eigenvalue weighted by molar-refractivity contribution is 0.214. The maximum absolute atomic E-state index is 12.3. The number of carbonyl (C=O) groups excluding carboxylic acids is 1. The van der Waals surface area contributed by atoms with Crippen LogP contribution in [-0.2, 0) is 6.42 Å². The van der Waals surface area contributed by atoms with Crippen molar-refractivity contribution in [1.82, 2.24) is 15.8 Å². The van der Waals surface area contributed by atoms with Gasteiger partial charge in [0.05, 0.1) is 24.4 Å². The van der Waals surface area contributed by atoms with Gasteiger partial charge in [0.2, 0.25) is 0 Å². The van der Waals surface area contributed by atoms with Gasteiger partial charge in [-0.2, -0.15) is 0 Å². The molecule has 0 aliphatic rings. The lowest BCUT2D eigenvalue weighted by Gasteiger charge is -2.20. The molecule has 1 heterocycles. The fraction of sp³-hybridized carbons (Fsp3) is 0.444. The van der Waals surface area contributed by atoms with Crippen LogP contribution < -0.4 is 10.6 Å². The molecule has 6 heteroatoms. The number of aryl methyl sites for hydroxylation is 3. The van der Waals surface area contributed by atoms with Gasteiger partial charge in [0.15, 0.2) is 0 Å². The highest BCUT2D eigenvalue weighted by atomic mass is 16.5. The number of hydrogen-bond donors (Lipinski definition) is 3. The Bertz CT molecular complexity index is 660. The molecular weight excluding hydrogens is 306 g/mol. The zero-order valence-electron chi connectivity index (χ0n) is 14.6. The van der Waals surface area contributed by atoms with E-state index in [-0.39, 0.29) is 18.7 Å². The number of amides is 2. The molecule has 2 atom stereocenters. The number of aromatic nitrogens is 1. The quantitative estimate of drug-likeness (QED) is 0.759. The number of aliphatic hydroxyl groups is 1. The minimum Gasteiger partial charge on any atom is -0.394 e. The SMILES string of the molecule is CCc1ccc(C(CO)NC(=O)NC(C)c2c(C)noc2C)cc1. The fourth-order valence-corrected chi connectivity index (χ4v) is 2.80. The molecule has 0 spiro atoms. The van der Waals surface area contributed by atoms with Crippen molar-refractivity contribution in [2.45, 2.75) is 46.2 Å². The molecule has 2 unspecified atom stereocenters. The zero-order chi connectivity index (χ0) is 17.7. The summed E-state index contributed by atoms with van der Waals surface area (Å²) >= 11 is 0. The van der Waals surface area contributed by atoms with Crippen LogP contribution in [0.3, 0.4) is 0 Å². The normalized spacial score (nSPS) is 13.4. The fourth-order valence-electron chi connectivity index (χ4n) is 2.80. The van der Waals surface area contributed by atoms with Gasteiger partial charge >= 0.3 is 6.03 Å². The molecule has 6 nitrogen and oxygen atoms in total. The van der Waals surface area contributed by atoms with Gasteiger partial charge in [-0.05, 0) is 38.3 Å². The summed E-state index contributed by atoms with van der Waals surface area (Å²) in [5, 5.41) is 19.2. The number of aliphatic hydroxyl groups excluding tert-OH is 1. The van der Waals surface area contributed by atoms with Crippen LogP contribution in [-0.4, -0.2) is 22.9 Å². The van der Waals surface area contributed by atoms with E-state index in [0.717, 1.165) is 23.2 Å². The van der Waals surface area contributed by atoms with Gasteiger partial charge in [0.25, 0.3) is 0 Å². The van der Waals surface area contributed by atoms with Gasteiger partial charge in [-0.15, -0.1) is 0 Å². The van der Waals surface area contributed by atoms with E-state index < -0.39 is 6.04 Å². The van der Waals surface area contributed by atoms with Gasteiger partial charge in [0, 0.05) is 5.56 Å². The van der Waals surface area contributed by atoms with Crippen LogP contribution in [0.2, 0.25) is 0 Å². The lowest BCUT2D eigenvalue weighted by Crippen LogP contribution is -2.40. The second-order valence-corrected chi connectivity index (χ2v) is 5.91. The van der Waals surface area contributed by atoms with Crippen molar-refractivity contribution in [3.8, 4) is 0 Å². The largest absolute Gasteiger partial charge is 0.394 e. The number of nitrogens with one attached hydrogen (secondary N) is 2. The van der Waals surface area contributed by atoms with Crippen LogP contribution in [0.4, 0.5) is 4.79 Å². The summed E-state index contributed by atoms with van der Waals surface area (Å²) in [6.45, 7) is 7.44. The average Bonchev–Trinajstić information content (AvgIpc) is 2.91. The Morgan fingerprint density at radius 3 is 2.42 bits per heavy atom. The first-order valence-electron chi connectivity index (χ1n) is 8.15. The Labute approximate surface area is 142 Å². The van der Waals surface area contributed by atoms with E-state index in [1.54, 1.807) is 0 Å². The van der Waals surface area contributed by atoms with Crippen LogP contribution >= 0.6 is 0 Å². The maximum Gasteiger partial charge on any atom is 0.315 e. The third-order valence-corrected chi connectivity index (χ3v) is 4.15. The van der Waals surface area contributed by atoms with Gasteiger partial charge < -0.3 is 20.3 Å². The summed E-state index contributed by atoms with van der Waals surface area (Å²) < 4.78 is 5.13. The molecule has 2 amide bonds. The molecule has 2 aromatic rings. The summed E-state index contributed by atoms with van der Waals surface area (Å²) in [5.41, 5.74) is 3.72. The van der Waals surface area contributed by atoms with Crippen LogP contribution in [0.5, 0.6) is 0 Å². The van der Waals surface area contributed by atoms with E-state index in [2.05, 4.69) is 22.7 Å². The molecule has 130 valence electrons. The molecule has 3 N–H and O–H groups in total. The summed E-state index contributed by atoms with van der Waals surface area (Å²) in [4.78, 5) is 12.3. The molecule has 0 aliphatic heterocycles. The highest BCUT2D eigenvalue weighted by molar-refractivity contribution is 5.75. The molecule has 0 saturated heterocycles. The van der Waals surface area contributed by atoms with Gasteiger partial charge in [-0.25, -0.2) is 4.79 Å². The van der Waals surface area contributed by atoms with E-state index in [4.69, 9.17) is 4.52 Å². The lowest BCUT2D eigenvalue weighted by atomic mass is 10.0. The van der Waals surface area contributed by atoms with Crippen molar-refractivity contribution >= 4 is 6.03 Å². The molecule has 1 aromatic carbocycles. The number of nitrogens with zero attached hydrogens (tertiary/aromatic N) is 1. The predicted octanol–water partition coefficient (Wildman–Crippen LogP) is 2.95. The zero-order valence-corrected chi connectivity index (χ0v) is 14.6. The van der Waals surface area contributed by atoms with Crippen LogP contribution in [0.1, 0.15) is 54.1 Å². The third kappa shape index (κ3) is 4.14. The van der Waals surface area contributed by atoms with Crippen molar-refractivity contribution in [3.63, 3.8) is 0 Å². The van der Waals surface area contributed by atoms with Crippen molar-refractivity contribution in [1.29, 1.82) is 0 Å². The summed E-state index contributed by atoms with van der Waals surface area (Å²) in [7, 11) is 0. The van der Waals surface area contributed by atoms with E-state index >= 15 is 0 Å². The number of urea groups is 1. The molecule has 0 bridgehead atoms. The van der Waals surface area contributed by atoms with Crippen LogP contribution in [0.25, 0.3) is 0 Å². The standard InChI is InChI=1S/C18H25N3O3/c1-5-14-6-8-15(9-7-14)16(10-22)20-18(23)19-11(2)17-12(3)21-24-13(17)4/h6-9,11,16,22H,5,10H2,1-4H3,(H2,19,20,23). The second kappa shape index (κ2) is 7.97. The molecule has 0 aliphatic carbocycles. The first-order valence-corrected chi connectivity index (χ1v) is 8.15. The van der Waals surface area contributed by atoms with E-state index in [9.17, 15) is 9.90 Å². The molecular formula is C18H25N3O3. The number of benzene rings is 1. The molecule has 0 radical (unpaired) electrons. The molecule has 2 rings (SSSR count). The number of carbonyl (C=O) groups is 1. The highest BCUT2D eigenvalue weighted by Gasteiger charge is 2.20. The molecule has 0 saturated carbocycles. The summed E-state index contributed by atoms with van der Waals surface area (Å²) in [6.07, 6.45) is 0.951. The van der Waals surface area contributed by atoms with E-state index in [1.807, 2.05) is 45.0 Å². The Hall–Kier alpha value is -2.34. The van der Waals surface area contributed by atoms with Crippen LogP contribution in [0.15, 0.2) is 28.8 Å². The van der Waals surface area contributed by atoms with Crippen molar-refractivity contribution in [3.05, 3.63) is 52.4 Å². The first kappa shape index (κ1) is 18.0. The Kier molecular flexibility index (Phi) is 5.98. The predicted molar refractivity (Wildman–Crippen MR) is 91.7 cm³/mol. The smallest absolute Gasteiger partial charge is 0.315 e. The minimum atomic E-state index is -0.451. The van der Waals surface area contributed by atoms with Crippen molar-refractivity contribution in [2.75, 3.05) is 6.61 Å². The average molecular weight is 331 g/mol.